The summed E-state index contributed by atoms with van der Waals surface area (Å²) in [6, 6.07) is 8.64. The van der Waals surface area contributed by atoms with Gasteiger partial charge in [0.2, 0.25) is 5.91 Å². The third-order valence-corrected chi connectivity index (χ3v) is 4.10. The van der Waals surface area contributed by atoms with Gasteiger partial charge in [-0.1, -0.05) is 24.3 Å². The van der Waals surface area contributed by atoms with E-state index < -0.39 is 0 Å². The Kier molecular flexibility index (Phi) is 9.22. The second kappa shape index (κ2) is 10.6. The van der Waals surface area contributed by atoms with Gasteiger partial charge in [0, 0.05) is 25.6 Å². The molecule has 0 saturated heterocycles. The summed E-state index contributed by atoms with van der Waals surface area (Å²) in [7, 11) is 0. The molecule has 0 heterocycles. The molecule has 1 amide bonds. The van der Waals surface area contributed by atoms with Crippen molar-refractivity contribution in [3.05, 3.63) is 35.4 Å². The Bertz CT molecular complexity index is 480. The monoisotopic (exact) mass is 340 g/mol. The number of carbonyl (C=O) groups excluding carboxylic acids is 1. The Labute approximate surface area is 145 Å². The number of amides is 1. The zero-order valence-corrected chi connectivity index (χ0v) is 14.7. The van der Waals surface area contributed by atoms with Gasteiger partial charge in [-0.15, -0.1) is 12.4 Å². The van der Waals surface area contributed by atoms with Crippen LogP contribution in [0.25, 0.3) is 0 Å². The quantitative estimate of drug-likeness (QED) is 0.714. The van der Waals surface area contributed by atoms with E-state index in [-0.39, 0.29) is 30.5 Å². The Balaban J connectivity index is 0.00000264. The van der Waals surface area contributed by atoms with Gasteiger partial charge in [0.1, 0.15) is 0 Å². The first-order valence-corrected chi connectivity index (χ1v) is 8.38. The highest BCUT2D eigenvalue weighted by Gasteiger charge is 2.19. The zero-order valence-electron chi connectivity index (χ0n) is 13.9. The highest BCUT2D eigenvalue weighted by Crippen LogP contribution is 2.32. The van der Waals surface area contributed by atoms with Crippen LogP contribution in [0.2, 0.25) is 0 Å². The molecule has 5 heteroatoms. The number of aryl methyl sites for hydroxylation is 1. The van der Waals surface area contributed by atoms with Crippen LogP contribution in [0.5, 0.6) is 0 Å². The smallest absolute Gasteiger partial charge is 0.220 e. The highest BCUT2D eigenvalue weighted by atomic mass is 35.5. The number of rotatable bonds is 8. The maximum atomic E-state index is 11.6. The predicted octanol–water partition coefficient (Wildman–Crippen LogP) is 3.14. The van der Waals surface area contributed by atoms with Crippen molar-refractivity contribution in [2.24, 2.45) is 5.73 Å². The summed E-state index contributed by atoms with van der Waals surface area (Å²) in [6.07, 6.45) is 5.76. The number of halogens is 1. The Morgan fingerprint density at radius 3 is 3.00 bits per heavy atom. The SMILES string of the molecule is CC(N)CCC(=O)NCCCOC1CCCc2ccccc21.Cl. The normalized spacial score (nSPS) is 17.7. The molecular formula is C18H29ClN2O2. The molecule has 0 spiro atoms. The van der Waals surface area contributed by atoms with Gasteiger partial charge in [-0.2, -0.15) is 0 Å². The molecule has 1 aliphatic rings. The first-order valence-electron chi connectivity index (χ1n) is 8.38. The van der Waals surface area contributed by atoms with E-state index in [0.717, 1.165) is 25.7 Å². The lowest BCUT2D eigenvalue weighted by Gasteiger charge is -2.25. The predicted molar refractivity (Wildman–Crippen MR) is 95.8 cm³/mol. The second-order valence-corrected chi connectivity index (χ2v) is 6.17. The number of nitrogens with two attached hydrogens (primary N) is 1. The number of carbonyl (C=O) groups is 1. The molecule has 130 valence electrons. The minimum atomic E-state index is 0. The van der Waals surface area contributed by atoms with Gasteiger partial charge < -0.3 is 15.8 Å². The summed E-state index contributed by atoms with van der Waals surface area (Å²) in [5.74, 6) is 0.0836. The fourth-order valence-electron chi connectivity index (χ4n) is 2.86. The lowest BCUT2D eigenvalue weighted by molar-refractivity contribution is -0.121. The summed E-state index contributed by atoms with van der Waals surface area (Å²) in [5.41, 5.74) is 8.40. The van der Waals surface area contributed by atoms with E-state index in [2.05, 4.69) is 29.6 Å². The average Bonchev–Trinajstić information content (AvgIpc) is 2.52. The van der Waals surface area contributed by atoms with E-state index >= 15 is 0 Å². The van der Waals surface area contributed by atoms with Crippen LogP contribution in [0.15, 0.2) is 24.3 Å². The summed E-state index contributed by atoms with van der Waals surface area (Å²) in [4.78, 5) is 11.6. The van der Waals surface area contributed by atoms with E-state index in [1.807, 2.05) is 6.92 Å². The maximum Gasteiger partial charge on any atom is 0.220 e. The number of nitrogens with one attached hydrogen (secondary N) is 1. The van der Waals surface area contributed by atoms with Gasteiger partial charge >= 0.3 is 0 Å². The van der Waals surface area contributed by atoms with Crippen LogP contribution in [-0.2, 0) is 16.0 Å². The Morgan fingerprint density at radius 1 is 1.43 bits per heavy atom. The van der Waals surface area contributed by atoms with Crippen LogP contribution in [-0.4, -0.2) is 25.1 Å². The van der Waals surface area contributed by atoms with Gasteiger partial charge in [0.05, 0.1) is 6.10 Å². The molecule has 0 radical (unpaired) electrons. The van der Waals surface area contributed by atoms with Gasteiger partial charge in [-0.3, -0.25) is 4.79 Å². The van der Waals surface area contributed by atoms with Crippen molar-refractivity contribution in [2.45, 2.75) is 57.6 Å². The first-order chi connectivity index (χ1) is 10.7. The highest BCUT2D eigenvalue weighted by molar-refractivity contribution is 5.85. The van der Waals surface area contributed by atoms with E-state index in [9.17, 15) is 4.79 Å². The molecule has 2 rings (SSSR count). The van der Waals surface area contributed by atoms with Gasteiger partial charge in [0.15, 0.2) is 0 Å². The summed E-state index contributed by atoms with van der Waals surface area (Å²) >= 11 is 0. The molecule has 0 fully saturated rings. The standard InChI is InChI=1S/C18H28N2O2.ClH/c1-14(19)10-11-18(21)20-12-5-13-22-17-9-4-7-15-6-2-3-8-16(15)17;/h2-3,6,8,14,17H,4-5,7,9-13,19H2,1H3,(H,20,21);1H. The molecule has 0 bridgehead atoms. The molecule has 1 aliphatic carbocycles. The Morgan fingerprint density at radius 2 is 2.22 bits per heavy atom. The van der Waals surface area contributed by atoms with Gasteiger partial charge in [-0.25, -0.2) is 0 Å². The first kappa shape index (κ1) is 19.9. The van der Waals surface area contributed by atoms with Crippen LogP contribution in [0.1, 0.15) is 56.3 Å². The third kappa shape index (κ3) is 6.90. The molecule has 23 heavy (non-hydrogen) atoms. The van der Waals surface area contributed by atoms with Crippen LogP contribution in [0, 0.1) is 0 Å². The summed E-state index contributed by atoms with van der Waals surface area (Å²) in [6.45, 7) is 3.28. The van der Waals surface area contributed by atoms with E-state index in [1.165, 1.54) is 17.5 Å². The molecule has 2 atom stereocenters. The molecule has 1 aromatic rings. The van der Waals surface area contributed by atoms with Crippen molar-refractivity contribution in [1.82, 2.24) is 5.32 Å². The Hall–Kier alpha value is -1.10. The molecule has 3 N–H and O–H groups in total. The van der Waals surface area contributed by atoms with Gasteiger partial charge in [0.25, 0.3) is 0 Å². The molecule has 0 aromatic heterocycles. The largest absolute Gasteiger partial charge is 0.373 e. The third-order valence-electron chi connectivity index (χ3n) is 4.10. The number of ether oxygens (including phenoxy) is 1. The van der Waals surface area contributed by atoms with Crippen LogP contribution < -0.4 is 11.1 Å². The van der Waals surface area contributed by atoms with Crippen LogP contribution >= 0.6 is 12.4 Å². The molecule has 0 saturated carbocycles. The number of benzene rings is 1. The van der Waals surface area contributed by atoms with Crippen LogP contribution in [0.4, 0.5) is 0 Å². The zero-order chi connectivity index (χ0) is 15.8. The molecule has 2 unspecified atom stereocenters. The van der Waals surface area contributed by atoms with Crippen molar-refractivity contribution in [1.29, 1.82) is 0 Å². The van der Waals surface area contributed by atoms with E-state index in [4.69, 9.17) is 10.5 Å². The number of fused-ring (bicyclic) bond motifs is 1. The lowest BCUT2D eigenvalue weighted by Crippen LogP contribution is -2.27. The lowest BCUT2D eigenvalue weighted by atomic mass is 9.89. The van der Waals surface area contributed by atoms with E-state index in [0.29, 0.717) is 19.6 Å². The number of hydrogen-bond donors (Lipinski definition) is 2. The second-order valence-electron chi connectivity index (χ2n) is 6.17. The topological polar surface area (TPSA) is 64.4 Å². The molecular weight excluding hydrogens is 312 g/mol. The van der Waals surface area contributed by atoms with Crippen molar-refractivity contribution in [2.75, 3.05) is 13.2 Å². The van der Waals surface area contributed by atoms with E-state index in [1.54, 1.807) is 0 Å². The van der Waals surface area contributed by atoms with Crippen molar-refractivity contribution in [3.8, 4) is 0 Å². The maximum absolute atomic E-state index is 11.6. The van der Waals surface area contributed by atoms with Crippen molar-refractivity contribution >= 4 is 18.3 Å². The summed E-state index contributed by atoms with van der Waals surface area (Å²) in [5, 5.41) is 2.92. The minimum Gasteiger partial charge on any atom is -0.373 e. The molecule has 0 aliphatic heterocycles. The average molecular weight is 341 g/mol. The van der Waals surface area contributed by atoms with Crippen molar-refractivity contribution < 1.29 is 9.53 Å². The minimum absolute atomic E-state index is 0. The van der Waals surface area contributed by atoms with Crippen LogP contribution in [0.3, 0.4) is 0 Å². The number of hydrogen-bond acceptors (Lipinski definition) is 3. The van der Waals surface area contributed by atoms with Gasteiger partial charge in [-0.05, 0) is 50.2 Å². The molecule has 1 aromatic carbocycles. The summed E-state index contributed by atoms with van der Waals surface area (Å²) < 4.78 is 6.02. The van der Waals surface area contributed by atoms with Crippen molar-refractivity contribution in [3.63, 3.8) is 0 Å². The fraction of sp³-hybridized carbons (Fsp3) is 0.611. The molecule has 4 nitrogen and oxygen atoms in total. The fourth-order valence-corrected chi connectivity index (χ4v) is 2.86.